The third-order valence-corrected chi connectivity index (χ3v) is 1.42. The molecule has 0 radical (unpaired) electrons. The molecule has 0 aromatic rings. The number of hydrogen-bond donors (Lipinski definition) is 3. The van der Waals surface area contributed by atoms with Gasteiger partial charge in [-0.15, -0.1) is 0 Å². The number of amides is 4. The van der Waals surface area contributed by atoms with Crippen LogP contribution in [0.2, 0.25) is 0 Å². The number of carbonyl (C=O) groups is 5. The van der Waals surface area contributed by atoms with Crippen LogP contribution in [-0.2, 0) is 24.0 Å². The third kappa shape index (κ3) is 8.48. The minimum absolute atomic E-state index is 0.195. The minimum atomic E-state index is -0.666. The Kier molecular flexibility index (Phi) is 7.48. The van der Waals surface area contributed by atoms with E-state index < -0.39 is 17.7 Å². The summed E-state index contributed by atoms with van der Waals surface area (Å²) in [6.45, 7) is -0.700. The first-order valence-electron chi connectivity index (χ1n) is 4.49. The van der Waals surface area contributed by atoms with Gasteiger partial charge in [0.1, 0.15) is 6.29 Å². The molecular formula is C9H11N3O5. The number of allylic oxidation sites excluding steroid dienone is 1. The first kappa shape index (κ1) is 14.5. The molecule has 0 spiro atoms. The zero-order valence-electron chi connectivity index (χ0n) is 8.76. The van der Waals surface area contributed by atoms with Gasteiger partial charge in [-0.1, -0.05) is 0 Å². The van der Waals surface area contributed by atoms with Crippen molar-refractivity contribution >= 4 is 30.4 Å². The third-order valence-electron chi connectivity index (χ3n) is 1.42. The molecule has 0 rings (SSSR count). The Bertz CT molecular complexity index is 351. The van der Waals surface area contributed by atoms with E-state index in [4.69, 9.17) is 0 Å². The first-order chi connectivity index (χ1) is 8.10. The zero-order chi connectivity index (χ0) is 13.1. The predicted molar refractivity (Wildman–Crippen MR) is 55.4 cm³/mol. The molecule has 0 saturated carbocycles. The molecule has 0 fully saturated rings. The molecule has 4 amide bonds. The van der Waals surface area contributed by atoms with Crippen LogP contribution in [0.25, 0.3) is 0 Å². The van der Waals surface area contributed by atoms with Crippen molar-refractivity contribution in [1.82, 2.24) is 16.0 Å². The summed E-state index contributed by atoms with van der Waals surface area (Å²) in [7, 11) is 0. The van der Waals surface area contributed by atoms with E-state index in [1.165, 1.54) is 0 Å². The second-order valence-electron chi connectivity index (χ2n) is 2.68. The quantitative estimate of drug-likeness (QED) is 0.329. The van der Waals surface area contributed by atoms with Gasteiger partial charge in [0.15, 0.2) is 0 Å². The van der Waals surface area contributed by atoms with E-state index in [9.17, 15) is 24.0 Å². The highest BCUT2D eigenvalue weighted by Gasteiger charge is 2.05. The fraction of sp³-hybridized carbons (Fsp3) is 0.222. The van der Waals surface area contributed by atoms with Crippen molar-refractivity contribution in [2.45, 2.75) is 0 Å². The van der Waals surface area contributed by atoms with Gasteiger partial charge >= 0.3 is 0 Å². The summed E-state index contributed by atoms with van der Waals surface area (Å²) >= 11 is 0. The molecule has 0 aliphatic rings. The van der Waals surface area contributed by atoms with Crippen LogP contribution in [0, 0.1) is 0 Å². The lowest BCUT2D eigenvalue weighted by Gasteiger charge is -2.03. The van der Waals surface area contributed by atoms with Crippen molar-refractivity contribution in [3.05, 3.63) is 12.2 Å². The van der Waals surface area contributed by atoms with E-state index in [2.05, 4.69) is 10.6 Å². The summed E-state index contributed by atoms with van der Waals surface area (Å²) in [5.41, 5.74) is 0. The Labute approximate surface area is 96.4 Å². The molecule has 0 bridgehead atoms. The SMILES string of the molecule is O=C/C=C\C(=O)NCC(=O)NCC(=O)NC=O. The molecule has 17 heavy (non-hydrogen) atoms. The number of nitrogens with one attached hydrogen (secondary N) is 3. The summed E-state index contributed by atoms with van der Waals surface area (Å²) in [6.07, 6.45) is 2.55. The van der Waals surface area contributed by atoms with Gasteiger partial charge in [0, 0.05) is 6.08 Å². The molecule has 0 unspecified atom stereocenters. The molecule has 3 N–H and O–H groups in total. The number of carbonyl (C=O) groups excluding carboxylic acids is 5. The van der Waals surface area contributed by atoms with Crippen molar-refractivity contribution in [3.8, 4) is 0 Å². The number of imide groups is 1. The summed E-state index contributed by atoms with van der Waals surface area (Å²) < 4.78 is 0. The molecule has 8 heteroatoms. The van der Waals surface area contributed by atoms with Crippen LogP contribution < -0.4 is 16.0 Å². The summed E-state index contributed by atoms with van der Waals surface area (Å²) in [5.74, 6) is -1.87. The van der Waals surface area contributed by atoms with E-state index >= 15 is 0 Å². The molecule has 92 valence electrons. The fourth-order valence-electron chi connectivity index (χ4n) is 0.711. The summed E-state index contributed by atoms with van der Waals surface area (Å²) in [5, 5.41) is 6.16. The van der Waals surface area contributed by atoms with Gasteiger partial charge in [-0.25, -0.2) is 0 Å². The van der Waals surface area contributed by atoms with Crippen LogP contribution in [0.3, 0.4) is 0 Å². The highest BCUT2D eigenvalue weighted by atomic mass is 16.2. The maximum atomic E-state index is 11.0. The van der Waals surface area contributed by atoms with Crippen LogP contribution in [0.1, 0.15) is 0 Å². The monoisotopic (exact) mass is 241 g/mol. The number of aldehydes is 1. The van der Waals surface area contributed by atoms with E-state index in [1.807, 2.05) is 5.32 Å². The van der Waals surface area contributed by atoms with Crippen molar-refractivity contribution in [1.29, 1.82) is 0 Å². The summed E-state index contributed by atoms with van der Waals surface area (Å²) in [6, 6.07) is 0. The largest absolute Gasteiger partial charge is 0.345 e. The van der Waals surface area contributed by atoms with Gasteiger partial charge in [0.2, 0.25) is 24.1 Å². The van der Waals surface area contributed by atoms with E-state index in [0.29, 0.717) is 6.29 Å². The molecule has 0 saturated heterocycles. The Morgan fingerprint density at radius 1 is 0.941 bits per heavy atom. The second-order valence-corrected chi connectivity index (χ2v) is 2.68. The second kappa shape index (κ2) is 8.77. The van der Waals surface area contributed by atoms with Gasteiger partial charge in [-0.2, -0.15) is 0 Å². The molecule has 0 aromatic carbocycles. The summed E-state index contributed by atoms with van der Waals surface area (Å²) in [4.78, 5) is 52.4. The van der Waals surface area contributed by atoms with E-state index in [0.717, 1.165) is 12.2 Å². The van der Waals surface area contributed by atoms with Gasteiger partial charge in [0.25, 0.3) is 0 Å². The van der Waals surface area contributed by atoms with Crippen molar-refractivity contribution < 1.29 is 24.0 Å². The smallest absolute Gasteiger partial charge is 0.245 e. The minimum Gasteiger partial charge on any atom is -0.345 e. The molecule has 0 aliphatic heterocycles. The Morgan fingerprint density at radius 2 is 1.59 bits per heavy atom. The van der Waals surface area contributed by atoms with E-state index in [-0.39, 0.29) is 19.5 Å². The van der Waals surface area contributed by atoms with E-state index in [1.54, 1.807) is 0 Å². The van der Waals surface area contributed by atoms with Crippen LogP contribution in [0.4, 0.5) is 0 Å². The molecule has 0 atom stereocenters. The highest BCUT2D eigenvalue weighted by Crippen LogP contribution is 1.71. The molecular weight excluding hydrogens is 230 g/mol. The lowest BCUT2D eigenvalue weighted by molar-refractivity contribution is -0.128. The zero-order valence-corrected chi connectivity index (χ0v) is 8.76. The molecule has 8 nitrogen and oxygen atoms in total. The van der Waals surface area contributed by atoms with Crippen LogP contribution in [0.15, 0.2) is 12.2 Å². The van der Waals surface area contributed by atoms with Crippen LogP contribution in [-0.4, -0.2) is 43.5 Å². The van der Waals surface area contributed by atoms with Crippen molar-refractivity contribution in [2.24, 2.45) is 0 Å². The van der Waals surface area contributed by atoms with Gasteiger partial charge in [0.05, 0.1) is 13.1 Å². The molecule has 0 aromatic heterocycles. The Balaban J connectivity index is 3.76. The Hall–Kier alpha value is -2.51. The lowest BCUT2D eigenvalue weighted by Crippen LogP contribution is -2.41. The van der Waals surface area contributed by atoms with Gasteiger partial charge in [-0.3, -0.25) is 29.3 Å². The number of rotatable bonds is 7. The average Bonchev–Trinajstić information content (AvgIpc) is 2.31. The van der Waals surface area contributed by atoms with Gasteiger partial charge < -0.3 is 10.6 Å². The standard InChI is InChI=1S/C9H11N3O5/c13-3-1-2-7(15)10-4-8(16)11-5-9(17)12-6-14/h1-3,6H,4-5H2,(H,10,15)(H,11,16)(H,12,14,17)/b2-1-. The first-order valence-corrected chi connectivity index (χ1v) is 4.49. The molecule has 0 aliphatic carbocycles. The molecule has 0 heterocycles. The maximum absolute atomic E-state index is 11.0. The van der Waals surface area contributed by atoms with Crippen LogP contribution >= 0.6 is 0 Å². The average molecular weight is 241 g/mol. The van der Waals surface area contributed by atoms with Crippen molar-refractivity contribution in [3.63, 3.8) is 0 Å². The van der Waals surface area contributed by atoms with Gasteiger partial charge in [-0.05, 0) is 6.08 Å². The maximum Gasteiger partial charge on any atom is 0.245 e. The fourth-order valence-corrected chi connectivity index (χ4v) is 0.711. The Morgan fingerprint density at radius 3 is 2.18 bits per heavy atom. The predicted octanol–water partition coefficient (Wildman–Crippen LogP) is -2.75. The number of hydrogen-bond acceptors (Lipinski definition) is 5. The van der Waals surface area contributed by atoms with Crippen molar-refractivity contribution in [2.75, 3.05) is 13.1 Å². The lowest BCUT2D eigenvalue weighted by atomic mass is 10.4. The highest BCUT2D eigenvalue weighted by molar-refractivity contribution is 5.94. The normalized spacial score (nSPS) is 9.41. The van der Waals surface area contributed by atoms with Crippen LogP contribution in [0.5, 0.6) is 0 Å². The topological polar surface area (TPSA) is 121 Å².